The Bertz CT molecular complexity index is 429. The number of nitrogen functional groups attached to an aromatic ring is 1. The van der Waals surface area contributed by atoms with Gasteiger partial charge in [0, 0.05) is 12.8 Å². The molecule has 1 aromatic rings. The fourth-order valence-electron chi connectivity index (χ4n) is 1.53. The van der Waals surface area contributed by atoms with Crippen molar-refractivity contribution in [2.45, 2.75) is 12.8 Å². The van der Waals surface area contributed by atoms with Crippen LogP contribution in [-0.2, 0) is 9.59 Å². The normalized spacial score (nSPS) is 16.2. The van der Waals surface area contributed by atoms with E-state index in [4.69, 9.17) is 5.73 Å². The maximum absolute atomic E-state index is 12.9. The summed E-state index contributed by atoms with van der Waals surface area (Å²) < 4.78 is 12.9. The average molecular weight is 208 g/mol. The molecular weight excluding hydrogens is 199 g/mol. The quantitative estimate of drug-likeness (QED) is 0.554. The Labute approximate surface area is 85.5 Å². The van der Waals surface area contributed by atoms with Crippen molar-refractivity contribution in [3.63, 3.8) is 0 Å². The number of carbonyl (C=O) groups is 2. The molecule has 0 radical (unpaired) electrons. The molecular formula is C10H9FN2O2. The fourth-order valence-corrected chi connectivity index (χ4v) is 1.53. The SMILES string of the molecule is Nc1cc(N2C(=O)CCC2=O)ccc1F. The van der Waals surface area contributed by atoms with E-state index in [-0.39, 0.29) is 30.3 Å². The molecule has 0 unspecified atom stereocenters. The van der Waals surface area contributed by atoms with Crippen molar-refractivity contribution >= 4 is 23.2 Å². The van der Waals surface area contributed by atoms with Gasteiger partial charge in [0.1, 0.15) is 5.82 Å². The number of halogens is 1. The van der Waals surface area contributed by atoms with Crippen LogP contribution in [0.5, 0.6) is 0 Å². The Balaban J connectivity index is 2.41. The topological polar surface area (TPSA) is 63.4 Å². The molecule has 0 aromatic heterocycles. The molecule has 4 nitrogen and oxygen atoms in total. The van der Waals surface area contributed by atoms with Gasteiger partial charge in [0.2, 0.25) is 11.8 Å². The lowest BCUT2D eigenvalue weighted by molar-refractivity contribution is -0.121. The van der Waals surface area contributed by atoms with Gasteiger partial charge in [-0.2, -0.15) is 0 Å². The minimum absolute atomic E-state index is 0.0694. The van der Waals surface area contributed by atoms with Gasteiger partial charge in [-0.1, -0.05) is 0 Å². The summed E-state index contributed by atoms with van der Waals surface area (Å²) in [6.45, 7) is 0. The number of benzene rings is 1. The first-order valence-corrected chi connectivity index (χ1v) is 4.50. The second-order valence-corrected chi connectivity index (χ2v) is 3.33. The van der Waals surface area contributed by atoms with E-state index in [1.807, 2.05) is 0 Å². The summed E-state index contributed by atoms with van der Waals surface area (Å²) in [5.41, 5.74) is 5.62. The van der Waals surface area contributed by atoms with E-state index in [0.29, 0.717) is 5.69 Å². The Morgan fingerprint density at radius 3 is 2.33 bits per heavy atom. The van der Waals surface area contributed by atoms with Crippen LogP contribution >= 0.6 is 0 Å². The average Bonchev–Trinajstić information content (AvgIpc) is 2.52. The van der Waals surface area contributed by atoms with Crippen LogP contribution in [0.2, 0.25) is 0 Å². The molecule has 0 atom stereocenters. The number of imide groups is 1. The van der Waals surface area contributed by atoms with Crippen LogP contribution in [0.4, 0.5) is 15.8 Å². The molecule has 0 aliphatic carbocycles. The minimum Gasteiger partial charge on any atom is -0.396 e. The van der Waals surface area contributed by atoms with E-state index < -0.39 is 5.82 Å². The van der Waals surface area contributed by atoms with Crippen LogP contribution in [0.25, 0.3) is 0 Å². The number of nitrogens with zero attached hydrogens (tertiary/aromatic N) is 1. The summed E-state index contributed by atoms with van der Waals surface area (Å²) in [5, 5.41) is 0. The molecule has 1 aromatic carbocycles. The third kappa shape index (κ3) is 1.56. The van der Waals surface area contributed by atoms with Crippen molar-refractivity contribution in [2.24, 2.45) is 0 Å². The Hall–Kier alpha value is -1.91. The van der Waals surface area contributed by atoms with Gasteiger partial charge in [-0.25, -0.2) is 4.39 Å². The second kappa shape index (κ2) is 3.34. The lowest BCUT2D eigenvalue weighted by atomic mass is 10.2. The monoisotopic (exact) mass is 208 g/mol. The van der Waals surface area contributed by atoms with Crippen molar-refractivity contribution in [2.75, 3.05) is 10.6 Å². The second-order valence-electron chi connectivity index (χ2n) is 3.33. The highest BCUT2D eigenvalue weighted by Gasteiger charge is 2.30. The molecule has 2 rings (SSSR count). The van der Waals surface area contributed by atoms with Gasteiger partial charge in [-0.05, 0) is 18.2 Å². The molecule has 5 heteroatoms. The predicted molar refractivity (Wildman–Crippen MR) is 52.5 cm³/mol. The number of nitrogens with two attached hydrogens (primary N) is 1. The highest BCUT2D eigenvalue weighted by molar-refractivity contribution is 6.19. The molecule has 1 aliphatic heterocycles. The van der Waals surface area contributed by atoms with E-state index in [2.05, 4.69) is 0 Å². The van der Waals surface area contributed by atoms with Gasteiger partial charge in [0.05, 0.1) is 11.4 Å². The van der Waals surface area contributed by atoms with E-state index in [9.17, 15) is 14.0 Å². The van der Waals surface area contributed by atoms with Crippen LogP contribution in [0.3, 0.4) is 0 Å². The zero-order valence-electron chi connectivity index (χ0n) is 7.87. The zero-order chi connectivity index (χ0) is 11.0. The summed E-state index contributed by atoms with van der Waals surface area (Å²) >= 11 is 0. The van der Waals surface area contributed by atoms with E-state index >= 15 is 0 Å². The maximum atomic E-state index is 12.9. The summed E-state index contributed by atoms with van der Waals surface area (Å²) in [5.74, 6) is -1.10. The maximum Gasteiger partial charge on any atom is 0.234 e. The summed E-state index contributed by atoms with van der Waals surface area (Å²) in [6.07, 6.45) is 0.409. The first-order valence-electron chi connectivity index (χ1n) is 4.50. The first kappa shape index (κ1) is 9.64. The Kier molecular flexibility index (Phi) is 2.15. The third-order valence-electron chi connectivity index (χ3n) is 2.29. The van der Waals surface area contributed by atoms with E-state index in [1.165, 1.54) is 12.1 Å². The van der Waals surface area contributed by atoms with Crippen molar-refractivity contribution in [3.05, 3.63) is 24.0 Å². The fraction of sp³-hybridized carbons (Fsp3) is 0.200. The number of anilines is 2. The van der Waals surface area contributed by atoms with Crippen LogP contribution in [0.15, 0.2) is 18.2 Å². The van der Waals surface area contributed by atoms with Crippen LogP contribution in [0, 0.1) is 5.82 Å². The first-order chi connectivity index (χ1) is 7.09. The minimum atomic E-state index is -0.558. The van der Waals surface area contributed by atoms with Crippen molar-refractivity contribution in [3.8, 4) is 0 Å². The van der Waals surface area contributed by atoms with Crippen molar-refractivity contribution in [1.82, 2.24) is 0 Å². The lowest BCUT2D eigenvalue weighted by Crippen LogP contribution is -2.28. The summed E-state index contributed by atoms with van der Waals surface area (Å²) in [6, 6.07) is 3.80. The van der Waals surface area contributed by atoms with Crippen LogP contribution < -0.4 is 10.6 Å². The third-order valence-corrected chi connectivity index (χ3v) is 2.29. The van der Waals surface area contributed by atoms with Crippen LogP contribution in [-0.4, -0.2) is 11.8 Å². The van der Waals surface area contributed by atoms with Gasteiger partial charge in [-0.15, -0.1) is 0 Å². The smallest absolute Gasteiger partial charge is 0.234 e. The summed E-state index contributed by atoms with van der Waals surface area (Å²) in [7, 11) is 0. The number of hydrogen-bond acceptors (Lipinski definition) is 3. The molecule has 0 bridgehead atoms. The molecule has 1 aliphatic rings. The molecule has 2 N–H and O–H groups in total. The van der Waals surface area contributed by atoms with Gasteiger partial charge < -0.3 is 5.73 Å². The standard InChI is InChI=1S/C10H9FN2O2/c11-7-2-1-6(5-8(7)12)13-9(14)3-4-10(13)15/h1-2,5H,3-4,12H2. The molecule has 1 fully saturated rings. The summed E-state index contributed by atoms with van der Waals surface area (Å²) in [4.78, 5) is 23.7. The lowest BCUT2D eigenvalue weighted by Gasteiger charge is -2.14. The highest BCUT2D eigenvalue weighted by atomic mass is 19.1. The van der Waals surface area contributed by atoms with Gasteiger partial charge >= 0.3 is 0 Å². The largest absolute Gasteiger partial charge is 0.396 e. The highest BCUT2D eigenvalue weighted by Crippen LogP contribution is 2.25. The number of rotatable bonds is 1. The van der Waals surface area contributed by atoms with E-state index in [1.54, 1.807) is 0 Å². The Morgan fingerprint density at radius 1 is 1.20 bits per heavy atom. The predicted octanol–water partition coefficient (Wildman–Crippen LogP) is 1.06. The van der Waals surface area contributed by atoms with Gasteiger partial charge in [0.15, 0.2) is 0 Å². The zero-order valence-corrected chi connectivity index (χ0v) is 7.87. The van der Waals surface area contributed by atoms with Gasteiger partial charge in [-0.3, -0.25) is 14.5 Å². The molecule has 0 saturated carbocycles. The number of hydrogen-bond donors (Lipinski definition) is 1. The molecule has 1 saturated heterocycles. The van der Waals surface area contributed by atoms with E-state index in [0.717, 1.165) is 11.0 Å². The Morgan fingerprint density at radius 2 is 1.80 bits per heavy atom. The molecule has 0 spiro atoms. The van der Waals surface area contributed by atoms with Gasteiger partial charge in [0.25, 0.3) is 0 Å². The molecule has 15 heavy (non-hydrogen) atoms. The number of amides is 2. The molecule has 2 amide bonds. The van der Waals surface area contributed by atoms with Crippen molar-refractivity contribution in [1.29, 1.82) is 0 Å². The van der Waals surface area contributed by atoms with Crippen molar-refractivity contribution < 1.29 is 14.0 Å². The number of carbonyl (C=O) groups excluding carboxylic acids is 2. The van der Waals surface area contributed by atoms with Crippen LogP contribution in [0.1, 0.15) is 12.8 Å². The molecule has 78 valence electrons. The molecule has 1 heterocycles.